The molecule has 1 aliphatic heterocycles. The van der Waals surface area contributed by atoms with Gasteiger partial charge in [0.25, 0.3) is 5.91 Å². The van der Waals surface area contributed by atoms with Crippen molar-refractivity contribution in [3.8, 4) is 5.75 Å². The van der Waals surface area contributed by atoms with Gasteiger partial charge >= 0.3 is 0 Å². The SMILES string of the molecule is C[C@@H]1Oc2ccccc2N(CCC(=O)NOCc2ccccc2)C1=O. The summed E-state index contributed by atoms with van der Waals surface area (Å²) in [4.78, 5) is 31.1. The van der Waals surface area contributed by atoms with Crippen LogP contribution in [0.4, 0.5) is 5.69 Å². The summed E-state index contributed by atoms with van der Waals surface area (Å²) in [7, 11) is 0. The Morgan fingerprint density at radius 2 is 1.88 bits per heavy atom. The lowest BCUT2D eigenvalue weighted by molar-refractivity contribution is -0.134. The minimum atomic E-state index is -0.563. The molecule has 0 aromatic heterocycles. The summed E-state index contributed by atoms with van der Waals surface area (Å²) in [6.45, 7) is 2.27. The normalized spacial score (nSPS) is 16.1. The Kier molecular flexibility index (Phi) is 5.30. The van der Waals surface area contributed by atoms with Crippen molar-refractivity contribution in [2.75, 3.05) is 11.4 Å². The summed E-state index contributed by atoms with van der Waals surface area (Å²) >= 11 is 0. The van der Waals surface area contributed by atoms with Gasteiger partial charge in [-0.05, 0) is 24.6 Å². The van der Waals surface area contributed by atoms with Crippen molar-refractivity contribution >= 4 is 17.5 Å². The summed E-state index contributed by atoms with van der Waals surface area (Å²) in [6, 6.07) is 16.9. The molecule has 0 bridgehead atoms. The van der Waals surface area contributed by atoms with Crippen molar-refractivity contribution in [3.63, 3.8) is 0 Å². The minimum Gasteiger partial charge on any atom is -0.479 e. The number of carbonyl (C=O) groups excluding carboxylic acids is 2. The first-order chi connectivity index (χ1) is 12.1. The number of para-hydroxylation sites is 2. The number of ether oxygens (including phenoxy) is 1. The zero-order chi connectivity index (χ0) is 17.6. The van der Waals surface area contributed by atoms with Crippen molar-refractivity contribution in [1.82, 2.24) is 5.48 Å². The first-order valence-corrected chi connectivity index (χ1v) is 8.17. The highest BCUT2D eigenvalue weighted by atomic mass is 16.6. The van der Waals surface area contributed by atoms with Gasteiger partial charge < -0.3 is 9.64 Å². The number of amides is 2. The Morgan fingerprint density at radius 1 is 1.16 bits per heavy atom. The molecule has 2 amide bonds. The van der Waals surface area contributed by atoms with E-state index in [1.807, 2.05) is 54.6 Å². The molecule has 6 nitrogen and oxygen atoms in total. The van der Waals surface area contributed by atoms with E-state index in [4.69, 9.17) is 9.57 Å². The first-order valence-electron chi connectivity index (χ1n) is 8.17. The number of nitrogens with zero attached hydrogens (tertiary/aromatic N) is 1. The number of hydroxylamine groups is 1. The van der Waals surface area contributed by atoms with Crippen LogP contribution < -0.4 is 15.1 Å². The Labute approximate surface area is 146 Å². The van der Waals surface area contributed by atoms with E-state index in [-0.39, 0.29) is 24.8 Å². The van der Waals surface area contributed by atoms with E-state index in [2.05, 4.69) is 5.48 Å². The molecule has 1 atom stereocenters. The second-order valence-corrected chi connectivity index (χ2v) is 5.77. The van der Waals surface area contributed by atoms with Crippen LogP contribution in [0.15, 0.2) is 54.6 Å². The molecule has 130 valence electrons. The van der Waals surface area contributed by atoms with Gasteiger partial charge in [-0.15, -0.1) is 0 Å². The van der Waals surface area contributed by atoms with Crippen LogP contribution in [0.3, 0.4) is 0 Å². The molecule has 0 radical (unpaired) electrons. The molecular weight excluding hydrogens is 320 g/mol. The average Bonchev–Trinajstić information content (AvgIpc) is 2.63. The maximum absolute atomic E-state index is 12.3. The quantitative estimate of drug-likeness (QED) is 0.820. The Balaban J connectivity index is 1.52. The van der Waals surface area contributed by atoms with Crippen LogP contribution in [-0.4, -0.2) is 24.5 Å². The van der Waals surface area contributed by atoms with Crippen LogP contribution in [0, 0.1) is 0 Å². The van der Waals surface area contributed by atoms with Crippen molar-refractivity contribution < 1.29 is 19.2 Å². The van der Waals surface area contributed by atoms with E-state index in [9.17, 15) is 9.59 Å². The summed E-state index contributed by atoms with van der Waals surface area (Å²) in [5, 5.41) is 0. The van der Waals surface area contributed by atoms with Crippen LogP contribution in [0.2, 0.25) is 0 Å². The summed E-state index contributed by atoms with van der Waals surface area (Å²) in [5.41, 5.74) is 4.06. The maximum atomic E-state index is 12.3. The van der Waals surface area contributed by atoms with E-state index < -0.39 is 6.10 Å². The third kappa shape index (κ3) is 4.16. The van der Waals surface area contributed by atoms with Crippen LogP contribution in [0.25, 0.3) is 0 Å². The zero-order valence-electron chi connectivity index (χ0n) is 14.0. The van der Waals surface area contributed by atoms with Gasteiger partial charge in [0.05, 0.1) is 12.3 Å². The van der Waals surface area contributed by atoms with Gasteiger partial charge in [-0.3, -0.25) is 14.4 Å². The molecule has 1 aliphatic rings. The molecule has 2 aromatic carbocycles. The van der Waals surface area contributed by atoms with Crippen molar-refractivity contribution in [3.05, 3.63) is 60.2 Å². The van der Waals surface area contributed by atoms with Crippen LogP contribution in [0.1, 0.15) is 18.9 Å². The van der Waals surface area contributed by atoms with Crippen LogP contribution >= 0.6 is 0 Å². The standard InChI is InChI=1S/C19H20N2O4/c1-14-19(23)21(16-9-5-6-10-17(16)25-14)12-11-18(22)20-24-13-15-7-3-2-4-8-15/h2-10,14H,11-13H2,1H3,(H,20,22)/t14-/m0/s1. The Bertz CT molecular complexity index is 748. The molecule has 0 unspecified atom stereocenters. The lowest BCUT2D eigenvalue weighted by Gasteiger charge is -2.32. The van der Waals surface area contributed by atoms with E-state index in [1.54, 1.807) is 11.8 Å². The molecule has 0 aliphatic carbocycles. The molecule has 1 N–H and O–H groups in total. The number of nitrogens with one attached hydrogen (secondary N) is 1. The van der Waals surface area contributed by atoms with Crippen molar-refractivity contribution in [2.45, 2.75) is 26.1 Å². The highest BCUT2D eigenvalue weighted by Crippen LogP contribution is 2.33. The number of hydrogen-bond acceptors (Lipinski definition) is 4. The van der Waals surface area contributed by atoms with Gasteiger partial charge in [0.2, 0.25) is 5.91 Å². The Hall–Kier alpha value is -2.86. The number of hydrogen-bond donors (Lipinski definition) is 1. The summed E-state index contributed by atoms with van der Waals surface area (Å²) in [5.74, 6) is 0.215. The van der Waals surface area contributed by atoms with Crippen molar-refractivity contribution in [2.24, 2.45) is 0 Å². The predicted molar refractivity (Wildman–Crippen MR) is 92.9 cm³/mol. The summed E-state index contributed by atoms with van der Waals surface area (Å²) in [6.07, 6.45) is -0.422. The highest BCUT2D eigenvalue weighted by molar-refractivity contribution is 6.00. The summed E-state index contributed by atoms with van der Waals surface area (Å²) < 4.78 is 5.58. The second-order valence-electron chi connectivity index (χ2n) is 5.77. The molecule has 0 fully saturated rings. The third-order valence-corrected chi connectivity index (χ3v) is 3.90. The van der Waals surface area contributed by atoms with Crippen LogP contribution in [0.5, 0.6) is 5.75 Å². The monoisotopic (exact) mass is 340 g/mol. The molecule has 0 spiro atoms. The largest absolute Gasteiger partial charge is 0.479 e. The van der Waals surface area contributed by atoms with E-state index in [0.29, 0.717) is 18.0 Å². The lowest BCUT2D eigenvalue weighted by atomic mass is 10.1. The van der Waals surface area contributed by atoms with Gasteiger partial charge in [0.15, 0.2) is 6.10 Å². The maximum Gasteiger partial charge on any atom is 0.267 e. The van der Waals surface area contributed by atoms with Crippen molar-refractivity contribution in [1.29, 1.82) is 0 Å². The van der Waals surface area contributed by atoms with E-state index in [0.717, 1.165) is 5.56 Å². The molecule has 1 heterocycles. The van der Waals surface area contributed by atoms with Gasteiger partial charge in [0.1, 0.15) is 5.75 Å². The number of anilines is 1. The number of benzene rings is 2. The lowest BCUT2D eigenvalue weighted by Crippen LogP contribution is -2.45. The number of fused-ring (bicyclic) bond motifs is 1. The fourth-order valence-corrected chi connectivity index (χ4v) is 2.63. The van der Waals surface area contributed by atoms with E-state index in [1.165, 1.54) is 0 Å². The molecular formula is C19H20N2O4. The molecule has 0 saturated heterocycles. The molecule has 0 saturated carbocycles. The fraction of sp³-hybridized carbons (Fsp3) is 0.263. The topological polar surface area (TPSA) is 67.9 Å². The molecule has 2 aromatic rings. The number of rotatable bonds is 6. The smallest absolute Gasteiger partial charge is 0.267 e. The number of carbonyl (C=O) groups is 2. The first kappa shape index (κ1) is 17.0. The average molecular weight is 340 g/mol. The fourth-order valence-electron chi connectivity index (χ4n) is 2.63. The second kappa shape index (κ2) is 7.81. The van der Waals surface area contributed by atoms with Crippen LogP contribution in [-0.2, 0) is 21.0 Å². The molecule has 25 heavy (non-hydrogen) atoms. The van der Waals surface area contributed by atoms with Gasteiger partial charge in [-0.25, -0.2) is 5.48 Å². The molecule has 6 heteroatoms. The van der Waals surface area contributed by atoms with E-state index >= 15 is 0 Å². The van der Waals surface area contributed by atoms with Gasteiger partial charge in [-0.2, -0.15) is 0 Å². The Morgan fingerprint density at radius 3 is 2.68 bits per heavy atom. The van der Waals surface area contributed by atoms with Gasteiger partial charge in [-0.1, -0.05) is 42.5 Å². The third-order valence-electron chi connectivity index (χ3n) is 3.90. The van der Waals surface area contributed by atoms with Gasteiger partial charge in [0, 0.05) is 13.0 Å². The highest BCUT2D eigenvalue weighted by Gasteiger charge is 2.31. The zero-order valence-corrected chi connectivity index (χ0v) is 14.0. The predicted octanol–water partition coefficient (Wildman–Crippen LogP) is 2.44. The molecule has 3 rings (SSSR count). The minimum absolute atomic E-state index is 0.140.